The van der Waals surface area contributed by atoms with Crippen molar-refractivity contribution in [2.24, 2.45) is 0 Å². The highest BCUT2D eigenvalue weighted by atomic mass is 35.5. The molecular formula is C21H21ClN2O3. The molecule has 0 saturated carbocycles. The number of nitrogens with zero attached hydrogens (tertiary/aromatic N) is 1. The first-order valence-corrected chi connectivity index (χ1v) is 9.09. The number of fused-ring (bicyclic) bond motifs is 1. The van der Waals surface area contributed by atoms with Crippen LogP contribution in [0, 0.1) is 0 Å². The van der Waals surface area contributed by atoms with Crippen LogP contribution in [0.15, 0.2) is 48.5 Å². The summed E-state index contributed by atoms with van der Waals surface area (Å²) in [7, 11) is 1.38. The van der Waals surface area contributed by atoms with Gasteiger partial charge in [0.15, 0.2) is 0 Å². The smallest absolute Gasteiger partial charge is 0.414 e. The first-order valence-electron chi connectivity index (χ1n) is 8.71. The summed E-state index contributed by atoms with van der Waals surface area (Å²) in [4.78, 5) is 25.6. The molecule has 0 fully saturated rings. The number of carbonyl (C=O) groups excluding carboxylic acids is 2. The quantitative estimate of drug-likeness (QED) is 0.797. The molecule has 6 heteroatoms. The summed E-state index contributed by atoms with van der Waals surface area (Å²) in [6.07, 6.45) is 3.59. The largest absolute Gasteiger partial charge is 0.452 e. The summed E-state index contributed by atoms with van der Waals surface area (Å²) in [6.45, 7) is 2.53. The molecule has 27 heavy (non-hydrogen) atoms. The molecule has 1 unspecified atom stereocenters. The molecule has 5 nitrogen and oxygen atoms in total. The third-order valence-electron chi connectivity index (χ3n) is 4.57. The Hall–Kier alpha value is -2.79. The lowest BCUT2D eigenvalue weighted by Crippen LogP contribution is -2.28. The fourth-order valence-electron chi connectivity index (χ4n) is 3.11. The van der Waals surface area contributed by atoms with Gasteiger partial charge in [0.2, 0.25) is 5.91 Å². The second-order valence-corrected chi connectivity index (χ2v) is 6.75. The van der Waals surface area contributed by atoms with Gasteiger partial charge >= 0.3 is 6.09 Å². The van der Waals surface area contributed by atoms with Crippen LogP contribution in [-0.4, -0.2) is 25.7 Å². The zero-order valence-corrected chi connectivity index (χ0v) is 16.0. The second-order valence-electron chi connectivity index (χ2n) is 6.34. The van der Waals surface area contributed by atoms with Crippen molar-refractivity contribution >= 4 is 35.4 Å². The minimum absolute atomic E-state index is 0.161. The van der Waals surface area contributed by atoms with Gasteiger partial charge in [0, 0.05) is 17.6 Å². The molecule has 1 atom stereocenters. The Labute approximate surface area is 163 Å². The number of hydrogen-bond acceptors (Lipinski definition) is 3. The number of rotatable bonds is 4. The predicted octanol–water partition coefficient (Wildman–Crippen LogP) is 4.36. The zero-order valence-electron chi connectivity index (χ0n) is 15.2. The van der Waals surface area contributed by atoms with Crippen LogP contribution >= 0.6 is 11.6 Å². The van der Waals surface area contributed by atoms with Crippen molar-refractivity contribution < 1.29 is 14.3 Å². The van der Waals surface area contributed by atoms with E-state index in [4.69, 9.17) is 16.3 Å². The minimum atomic E-state index is -0.354. The topological polar surface area (TPSA) is 58.6 Å². The normalized spacial score (nSPS) is 14.1. The van der Waals surface area contributed by atoms with Gasteiger partial charge in [-0.05, 0) is 48.2 Å². The predicted molar refractivity (Wildman–Crippen MR) is 107 cm³/mol. The average molecular weight is 385 g/mol. The minimum Gasteiger partial charge on any atom is -0.452 e. The molecule has 0 saturated heterocycles. The number of halogens is 1. The van der Waals surface area contributed by atoms with E-state index in [2.05, 4.69) is 5.32 Å². The van der Waals surface area contributed by atoms with Gasteiger partial charge < -0.3 is 10.1 Å². The maximum absolute atomic E-state index is 12.2. The van der Waals surface area contributed by atoms with Gasteiger partial charge in [0.25, 0.3) is 0 Å². The van der Waals surface area contributed by atoms with Gasteiger partial charge in [0.05, 0.1) is 18.8 Å². The molecule has 0 aliphatic carbocycles. The molecule has 0 radical (unpaired) electrons. The Bertz CT molecular complexity index is 895. The highest BCUT2D eigenvalue weighted by Gasteiger charge is 2.25. The number of anilines is 1. The molecule has 0 bridgehead atoms. The van der Waals surface area contributed by atoms with Crippen LogP contribution in [0.3, 0.4) is 0 Å². The maximum atomic E-state index is 12.2. The monoisotopic (exact) mass is 384 g/mol. The van der Waals surface area contributed by atoms with E-state index >= 15 is 0 Å². The Kier molecular flexibility index (Phi) is 5.81. The van der Waals surface area contributed by atoms with Gasteiger partial charge in [0.1, 0.15) is 0 Å². The van der Waals surface area contributed by atoms with Crippen molar-refractivity contribution in [2.45, 2.75) is 19.4 Å². The van der Waals surface area contributed by atoms with Gasteiger partial charge in [-0.15, -0.1) is 0 Å². The number of carbonyl (C=O) groups is 2. The van der Waals surface area contributed by atoms with E-state index in [0.29, 0.717) is 11.6 Å². The Morgan fingerprint density at radius 3 is 2.78 bits per heavy atom. The molecule has 0 aromatic heterocycles. The molecule has 2 amide bonds. The van der Waals surface area contributed by atoms with Crippen LogP contribution < -0.4 is 10.2 Å². The molecule has 1 aliphatic heterocycles. The van der Waals surface area contributed by atoms with Crippen molar-refractivity contribution in [3.8, 4) is 0 Å². The SMILES string of the molecule is COC(=O)N1CCc2cc(C(C)NC(=O)/C=C/c3ccccc3Cl)ccc21. The van der Waals surface area contributed by atoms with Crippen molar-refractivity contribution in [3.05, 3.63) is 70.3 Å². The third kappa shape index (κ3) is 4.31. The van der Waals surface area contributed by atoms with Crippen LogP contribution in [0.5, 0.6) is 0 Å². The lowest BCUT2D eigenvalue weighted by atomic mass is 10.0. The summed E-state index contributed by atoms with van der Waals surface area (Å²) in [6, 6.07) is 13.0. The number of benzene rings is 2. The molecule has 2 aromatic carbocycles. The number of nitrogens with one attached hydrogen (secondary N) is 1. The van der Waals surface area contributed by atoms with E-state index in [-0.39, 0.29) is 18.0 Å². The van der Waals surface area contributed by atoms with E-state index in [0.717, 1.165) is 28.8 Å². The first-order chi connectivity index (χ1) is 13.0. The van der Waals surface area contributed by atoms with Crippen LogP contribution in [0.1, 0.15) is 29.7 Å². The van der Waals surface area contributed by atoms with E-state index in [1.54, 1.807) is 17.0 Å². The van der Waals surface area contributed by atoms with Gasteiger partial charge in [-0.1, -0.05) is 41.9 Å². The van der Waals surface area contributed by atoms with Crippen LogP contribution in [0.25, 0.3) is 6.08 Å². The fourth-order valence-corrected chi connectivity index (χ4v) is 3.31. The van der Waals surface area contributed by atoms with Crippen LogP contribution in [0.2, 0.25) is 5.02 Å². The molecule has 0 spiro atoms. The third-order valence-corrected chi connectivity index (χ3v) is 4.92. The Morgan fingerprint density at radius 2 is 2.04 bits per heavy atom. The average Bonchev–Trinajstić information content (AvgIpc) is 3.10. The summed E-state index contributed by atoms with van der Waals surface area (Å²) in [5.41, 5.74) is 3.72. The molecule has 3 rings (SSSR count). The standard InChI is InChI=1S/C21H21ClN2O3/c1-14(23-20(25)10-8-15-5-3-4-6-18(15)22)16-7-9-19-17(13-16)11-12-24(19)21(26)27-2/h3-10,13-14H,11-12H2,1-2H3,(H,23,25)/b10-8+. The highest BCUT2D eigenvalue weighted by molar-refractivity contribution is 6.32. The molecule has 1 N–H and O–H groups in total. The molecular weight excluding hydrogens is 364 g/mol. The number of hydrogen-bond donors (Lipinski definition) is 1. The molecule has 1 heterocycles. The van der Waals surface area contributed by atoms with E-state index in [1.165, 1.54) is 13.2 Å². The summed E-state index contributed by atoms with van der Waals surface area (Å²) >= 11 is 6.09. The molecule has 1 aliphatic rings. The fraction of sp³-hybridized carbons (Fsp3) is 0.238. The lowest BCUT2D eigenvalue weighted by Gasteiger charge is -2.17. The van der Waals surface area contributed by atoms with Crippen LogP contribution in [0.4, 0.5) is 10.5 Å². The maximum Gasteiger partial charge on any atom is 0.414 e. The zero-order chi connectivity index (χ0) is 19.4. The summed E-state index contributed by atoms with van der Waals surface area (Å²) in [5.74, 6) is -0.195. The van der Waals surface area contributed by atoms with Gasteiger partial charge in [-0.3, -0.25) is 9.69 Å². The van der Waals surface area contributed by atoms with E-state index < -0.39 is 0 Å². The van der Waals surface area contributed by atoms with Crippen LogP contribution in [-0.2, 0) is 16.0 Å². The van der Waals surface area contributed by atoms with Crippen molar-refractivity contribution in [2.75, 3.05) is 18.6 Å². The second kappa shape index (κ2) is 8.27. The van der Waals surface area contributed by atoms with E-state index in [1.807, 2.05) is 43.3 Å². The van der Waals surface area contributed by atoms with E-state index in [9.17, 15) is 9.59 Å². The first kappa shape index (κ1) is 19.0. The number of ether oxygens (including phenoxy) is 1. The number of methoxy groups -OCH3 is 1. The summed E-state index contributed by atoms with van der Waals surface area (Å²) < 4.78 is 4.81. The van der Waals surface area contributed by atoms with Gasteiger partial charge in [-0.2, -0.15) is 0 Å². The number of amides is 2. The van der Waals surface area contributed by atoms with Crippen molar-refractivity contribution in [1.29, 1.82) is 0 Å². The molecule has 140 valence electrons. The van der Waals surface area contributed by atoms with Gasteiger partial charge in [-0.25, -0.2) is 4.79 Å². The van der Waals surface area contributed by atoms with Crippen molar-refractivity contribution in [1.82, 2.24) is 5.32 Å². The molecule has 2 aromatic rings. The Balaban J connectivity index is 1.66. The highest BCUT2D eigenvalue weighted by Crippen LogP contribution is 2.31. The lowest BCUT2D eigenvalue weighted by molar-refractivity contribution is -0.117. The van der Waals surface area contributed by atoms with Crippen molar-refractivity contribution in [3.63, 3.8) is 0 Å². The summed E-state index contributed by atoms with van der Waals surface area (Å²) in [5, 5.41) is 3.55. The Morgan fingerprint density at radius 1 is 1.26 bits per heavy atom.